The van der Waals surface area contributed by atoms with Crippen molar-refractivity contribution in [2.75, 3.05) is 27.7 Å². The number of carbonyl (C=O) groups is 1. The summed E-state index contributed by atoms with van der Waals surface area (Å²) >= 11 is 0. The maximum Gasteiger partial charge on any atom is 0.273 e. The predicted octanol–water partition coefficient (Wildman–Crippen LogP) is 0.0306. The highest BCUT2D eigenvalue weighted by Crippen LogP contribution is 2.12. The van der Waals surface area contributed by atoms with Gasteiger partial charge < -0.3 is 10.2 Å². The van der Waals surface area contributed by atoms with Gasteiger partial charge in [-0.3, -0.25) is 4.79 Å². The average molecular weight is 233 g/mol. The van der Waals surface area contributed by atoms with Crippen molar-refractivity contribution in [1.29, 1.82) is 0 Å². The molecule has 1 amide bonds. The highest BCUT2D eigenvalue weighted by atomic mass is 35.5. The summed E-state index contributed by atoms with van der Waals surface area (Å²) in [6.45, 7) is 0.859. The minimum Gasteiger partial charge on any atom is -0.304 e. The van der Waals surface area contributed by atoms with E-state index in [0.29, 0.717) is 0 Å². The van der Waals surface area contributed by atoms with Crippen LogP contribution in [0.2, 0.25) is 0 Å². The van der Waals surface area contributed by atoms with E-state index in [1.165, 1.54) is 0 Å². The topological polar surface area (TPSA) is 57.1 Å². The fourth-order valence-electron chi connectivity index (χ4n) is 1.67. The lowest BCUT2D eigenvalue weighted by atomic mass is 10.1. The molecule has 0 aromatic rings. The highest BCUT2D eigenvalue weighted by Gasteiger charge is 2.33. The second-order valence-electron chi connectivity index (χ2n) is 3.53. The summed E-state index contributed by atoms with van der Waals surface area (Å²) in [4.78, 5) is 20.7. The maximum absolute atomic E-state index is 11.5. The summed E-state index contributed by atoms with van der Waals surface area (Å²) in [7, 11) is 5.48. The fraction of sp³-hybridized carbons (Fsp3) is 0.778. The molecule has 1 N–H and O–H groups in total. The van der Waals surface area contributed by atoms with E-state index in [9.17, 15) is 4.79 Å². The van der Waals surface area contributed by atoms with Crippen LogP contribution in [-0.2, 0) is 4.79 Å². The van der Waals surface area contributed by atoms with Gasteiger partial charge >= 0.3 is 0 Å². The van der Waals surface area contributed by atoms with Crippen molar-refractivity contribution in [1.82, 2.24) is 10.2 Å². The summed E-state index contributed by atoms with van der Waals surface area (Å²) in [5.41, 5.74) is 0. The number of halogens is 1. The lowest BCUT2D eigenvalue weighted by Crippen LogP contribution is -2.44. The number of nitrogens with zero attached hydrogens (tertiary/aromatic N) is 3. The summed E-state index contributed by atoms with van der Waals surface area (Å²) in [5, 5.41) is 3.13. The first-order chi connectivity index (χ1) is 6.66. The molecular formula is C9H17ClN4O. The Bertz CT molecular complexity index is 273. The van der Waals surface area contributed by atoms with Crippen molar-refractivity contribution in [3.8, 4) is 0 Å². The molecule has 0 radical (unpaired) electrons. The Kier molecular flexibility index (Phi) is 6.36. The molecule has 0 aromatic carbocycles. The lowest BCUT2D eigenvalue weighted by Gasteiger charge is -2.22. The van der Waals surface area contributed by atoms with Crippen LogP contribution in [0.4, 0.5) is 0 Å². The average Bonchev–Trinajstić information content (AvgIpc) is 2.62. The zero-order valence-corrected chi connectivity index (χ0v) is 10.0. The lowest BCUT2D eigenvalue weighted by molar-refractivity contribution is -0.120. The third-order valence-corrected chi connectivity index (χ3v) is 2.38. The molecule has 0 aliphatic carbocycles. The molecule has 0 spiro atoms. The van der Waals surface area contributed by atoms with Gasteiger partial charge in [-0.05, 0) is 27.1 Å². The minimum absolute atomic E-state index is 0. The van der Waals surface area contributed by atoms with Gasteiger partial charge in [0.25, 0.3) is 5.91 Å². The van der Waals surface area contributed by atoms with Gasteiger partial charge in [0, 0.05) is 13.1 Å². The van der Waals surface area contributed by atoms with Gasteiger partial charge in [-0.2, -0.15) is 0 Å². The van der Waals surface area contributed by atoms with Crippen molar-refractivity contribution in [3.63, 3.8) is 0 Å². The van der Waals surface area contributed by atoms with Gasteiger partial charge in [-0.1, -0.05) is 0 Å². The van der Waals surface area contributed by atoms with E-state index in [0.717, 1.165) is 13.0 Å². The first kappa shape index (κ1) is 14.3. The summed E-state index contributed by atoms with van der Waals surface area (Å²) in [6.07, 6.45) is 0.974. The van der Waals surface area contributed by atoms with Crippen LogP contribution >= 0.6 is 12.4 Å². The molecule has 0 bridgehead atoms. The number of likely N-dealkylation sites (N-methyl/N-ethyl adjacent to an activating group) is 1. The van der Waals surface area contributed by atoms with E-state index in [-0.39, 0.29) is 30.4 Å². The first-order valence-corrected chi connectivity index (χ1v) is 4.65. The Hall–Kier alpha value is -0.740. The highest BCUT2D eigenvalue weighted by molar-refractivity contribution is 5.87. The predicted molar refractivity (Wildman–Crippen MR) is 61.9 cm³/mol. The molecule has 6 heteroatoms. The van der Waals surface area contributed by atoms with Crippen LogP contribution in [0.15, 0.2) is 9.98 Å². The first-order valence-electron chi connectivity index (χ1n) is 4.65. The van der Waals surface area contributed by atoms with Crippen molar-refractivity contribution >= 4 is 24.3 Å². The second kappa shape index (κ2) is 6.69. The molecule has 1 fully saturated rings. The smallest absolute Gasteiger partial charge is 0.273 e. The summed E-state index contributed by atoms with van der Waals surface area (Å²) in [6, 6.07) is 2.34. The fourth-order valence-corrected chi connectivity index (χ4v) is 1.67. The van der Waals surface area contributed by atoms with Crippen molar-refractivity contribution in [2.45, 2.75) is 18.5 Å². The molecule has 0 aromatic heterocycles. The Labute approximate surface area is 96.1 Å². The van der Waals surface area contributed by atoms with Crippen LogP contribution in [0.5, 0.6) is 0 Å². The molecule has 1 rings (SSSR count). The van der Waals surface area contributed by atoms with Gasteiger partial charge in [0.2, 0.25) is 0 Å². The number of rotatable bonds is 2. The van der Waals surface area contributed by atoms with Gasteiger partial charge in [-0.15, -0.1) is 17.4 Å². The minimum atomic E-state index is -0.209. The molecule has 1 aliphatic heterocycles. The van der Waals surface area contributed by atoms with Crippen molar-refractivity contribution < 1.29 is 4.79 Å². The molecule has 5 nitrogen and oxygen atoms in total. The van der Waals surface area contributed by atoms with Crippen LogP contribution in [0.3, 0.4) is 0 Å². The molecule has 86 valence electrons. The standard InChI is InChI=1S/C9H16N4O.ClH/c1-10-6-12-9(14)8-7(13(2)3)4-5-11-8;/h7-8,11H,4-5H2,1-3H3;1H/t7?,8-;/m0./s1. The van der Waals surface area contributed by atoms with E-state index >= 15 is 0 Å². The van der Waals surface area contributed by atoms with Crippen LogP contribution in [0.25, 0.3) is 0 Å². The Morgan fingerprint density at radius 3 is 2.73 bits per heavy atom. The van der Waals surface area contributed by atoms with E-state index in [1.807, 2.05) is 19.0 Å². The summed E-state index contributed by atoms with van der Waals surface area (Å²) in [5.74, 6) is -0.188. The molecule has 0 saturated carbocycles. The van der Waals surface area contributed by atoms with E-state index in [4.69, 9.17) is 0 Å². The van der Waals surface area contributed by atoms with Crippen molar-refractivity contribution in [3.05, 3.63) is 0 Å². The number of hydrogen-bond acceptors (Lipinski definition) is 4. The second-order valence-corrected chi connectivity index (χ2v) is 3.53. The number of carbonyl (C=O) groups excluding carboxylic acids is 1. The molecule has 1 aliphatic rings. The third kappa shape index (κ3) is 3.72. The quantitative estimate of drug-likeness (QED) is 0.684. The zero-order chi connectivity index (χ0) is 10.6. The SMILES string of the molecule is CN=C=NC(=O)[C@H]1NCCC1N(C)C.Cl. The van der Waals surface area contributed by atoms with Crippen molar-refractivity contribution in [2.24, 2.45) is 9.98 Å². The molecule has 1 unspecified atom stereocenters. The van der Waals surface area contributed by atoms with E-state index in [1.54, 1.807) is 7.05 Å². The van der Waals surface area contributed by atoms with E-state index < -0.39 is 0 Å². The zero-order valence-electron chi connectivity index (χ0n) is 9.23. The molecule has 15 heavy (non-hydrogen) atoms. The normalized spacial score (nSPS) is 24.3. The molecular weight excluding hydrogens is 216 g/mol. The van der Waals surface area contributed by atoms with Gasteiger partial charge in [0.1, 0.15) is 6.04 Å². The van der Waals surface area contributed by atoms with Crippen LogP contribution in [-0.4, -0.2) is 56.6 Å². The molecule has 1 heterocycles. The number of hydrogen-bond donors (Lipinski definition) is 1. The number of nitrogens with one attached hydrogen (secondary N) is 1. The van der Waals surface area contributed by atoms with E-state index in [2.05, 4.69) is 21.3 Å². The third-order valence-electron chi connectivity index (χ3n) is 2.38. The van der Waals surface area contributed by atoms with Gasteiger partial charge in [0.15, 0.2) is 0 Å². The summed E-state index contributed by atoms with van der Waals surface area (Å²) < 4.78 is 0. The van der Waals surface area contributed by atoms with Gasteiger partial charge in [-0.25, -0.2) is 4.99 Å². The number of amides is 1. The van der Waals surface area contributed by atoms with Gasteiger partial charge in [0.05, 0.1) is 6.01 Å². The Morgan fingerprint density at radius 2 is 2.20 bits per heavy atom. The maximum atomic E-state index is 11.5. The largest absolute Gasteiger partial charge is 0.304 e. The monoisotopic (exact) mass is 232 g/mol. The Balaban J connectivity index is 0.00000196. The van der Waals surface area contributed by atoms with Crippen LogP contribution in [0.1, 0.15) is 6.42 Å². The van der Waals surface area contributed by atoms with Crippen LogP contribution < -0.4 is 5.32 Å². The van der Waals surface area contributed by atoms with Crippen LogP contribution in [0, 0.1) is 0 Å². The molecule has 1 saturated heterocycles. The Morgan fingerprint density at radius 1 is 1.53 bits per heavy atom. The molecule has 2 atom stereocenters. The number of aliphatic imine (C=N–C) groups is 2.